The molecule has 18 heavy (non-hydrogen) atoms. The lowest BCUT2D eigenvalue weighted by Gasteiger charge is -2.41. The zero-order valence-electron chi connectivity index (χ0n) is 11.6. The topological polar surface area (TPSA) is 37.4 Å². The van der Waals surface area contributed by atoms with E-state index in [9.17, 15) is 8.42 Å². The van der Waals surface area contributed by atoms with Gasteiger partial charge in [0.2, 0.25) is 0 Å². The van der Waals surface area contributed by atoms with Crippen LogP contribution in [0.5, 0.6) is 0 Å². The molecule has 0 aliphatic carbocycles. The second kappa shape index (κ2) is 6.86. The third-order valence-corrected chi connectivity index (χ3v) is 7.42. The van der Waals surface area contributed by atoms with Gasteiger partial charge in [0.25, 0.3) is 0 Å². The van der Waals surface area contributed by atoms with E-state index in [2.05, 4.69) is 31.4 Å². The summed E-state index contributed by atoms with van der Waals surface area (Å²) in [5, 5.41) is -0.311. The van der Waals surface area contributed by atoms with Gasteiger partial charge in [0.05, 0.1) is 0 Å². The zero-order valence-corrected chi connectivity index (χ0v) is 14.1. The Labute approximate surface area is 121 Å². The Morgan fingerprint density at radius 3 is 2.44 bits per heavy atom. The van der Waals surface area contributed by atoms with Gasteiger partial charge >= 0.3 is 0 Å². The van der Waals surface area contributed by atoms with Crippen molar-refractivity contribution < 1.29 is 8.42 Å². The molecule has 0 aromatic carbocycles. The minimum atomic E-state index is -2.99. The third-order valence-electron chi connectivity index (χ3n) is 4.06. The van der Waals surface area contributed by atoms with Crippen molar-refractivity contribution in [3.05, 3.63) is 0 Å². The molecule has 0 amide bonds. The Morgan fingerprint density at radius 1 is 1.39 bits per heavy atom. The van der Waals surface area contributed by atoms with Gasteiger partial charge in [0.1, 0.15) is 5.37 Å². The van der Waals surface area contributed by atoms with Crippen molar-refractivity contribution in [1.29, 1.82) is 0 Å². The van der Waals surface area contributed by atoms with Crippen LogP contribution in [0.25, 0.3) is 0 Å². The summed E-state index contributed by atoms with van der Waals surface area (Å²) in [6, 6.07) is 0. The molecule has 1 fully saturated rings. The van der Waals surface area contributed by atoms with Crippen LogP contribution in [0.15, 0.2) is 0 Å². The highest BCUT2D eigenvalue weighted by Gasteiger charge is 2.36. The minimum absolute atomic E-state index is 0.147. The van der Waals surface area contributed by atoms with Crippen molar-refractivity contribution in [3.63, 3.8) is 0 Å². The lowest BCUT2D eigenvalue weighted by molar-refractivity contribution is 0.155. The summed E-state index contributed by atoms with van der Waals surface area (Å²) in [6.45, 7) is 6.07. The van der Waals surface area contributed by atoms with Gasteiger partial charge in [0.15, 0.2) is 9.84 Å². The minimum Gasteiger partial charge on any atom is -0.285 e. The fourth-order valence-corrected chi connectivity index (χ4v) is 5.86. The maximum absolute atomic E-state index is 11.9. The smallest absolute Gasteiger partial charge is 0.164 e. The highest BCUT2D eigenvalue weighted by atomic mass is 32.2. The van der Waals surface area contributed by atoms with Gasteiger partial charge in [-0.3, -0.25) is 4.90 Å². The van der Waals surface area contributed by atoms with E-state index in [4.69, 9.17) is 0 Å². The van der Waals surface area contributed by atoms with E-state index in [0.717, 1.165) is 37.4 Å². The fraction of sp³-hybridized carbons (Fsp3) is 1.00. The van der Waals surface area contributed by atoms with E-state index in [0.29, 0.717) is 5.75 Å². The van der Waals surface area contributed by atoms with Crippen LogP contribution >= 0.6 is 24.4 Å². The lowest BCUT2D eigenvalue weighted by atomic mass is 9.84. The Morgan fingerprint density at radius 2 is 2.00 bits per heavy atom. The molecule has 1 aliphatic heterocycles. The van der Waals surface area contributed by atoms with Crippen LogP contribution in [0.4, 0.5) is 0 Å². The molecule has 0 radical (unpaired) electrons. The number of hydrogen-bond acceptors (Lipinski definition) is 5. The van der Waals surface area contributed by atoms with Crippen molar-refractivity contribution in [2.24, 2.45) is 5.41 Å². The summed E-state index contributed by atoms with van der Waals surface area (Å²) in [4.78, 5) is 2.16. The second-order valence-electron chi connectivity index (χ2n) is 5.19. The summed E-state index contributed by atoms with van der Waals surface area (Å²) in [6.07, 6.45) is 3.46. The Kier molecular flexibility index (Phi) is 6.35. The van der Waals surface area contributed by atoms with E-state index in [1.807, 2.05) is 0 Å². The molecule has 0 bridgehead atoms. The molecule has 0 saturated carbocycles. The van der Waals surface area contributed by atoms with Gasteiger partial charge in [-0.15, -0.1) is 0 Å². The number of thioether (sulfide) groups is 1. The SMILES string of the molecule is CCC(CC)(CS)CN1CCSCC1S(C)(=O)=O. The second-order valence-corrected chi connectivity index (χ2v) is 8.86. The van der Waals surface area contributed by atoms with E-state index in [-0.39, 0.29) is 10.8 Å². The monoisotopic (exact) mass is 311 g/mol. The quantitative estimate of drug-likeness (QED) is 0.763. The third kappa shape index (κ3) is 4.05. The molecular formula is C12H25NO2S3. The van der Waals surface area contributed by atoms with Crippen LogP contribution in [-0.2, 0) is 9.84 Å². The molecule has 1 heterocycles. The summed E-state index contributed by atoms with van der Waals surface area (Å²) in [5.74, 6) is 2.55. The first-order valence-electron chi connectivity index (χ1n) is 6.50. The molecule has 1 atom stereocenters. The fourth-order valence-electron chi connectivity index (χ4n) is 2.37. The van der Waals surface area contributed by atoms with Crippen LogP contribution in [0, 0.1) is 5.41 Å². The van der Waals surface area contributed by atoms with Crippen molar-refractivity contribution in [3.8, 4) is 0 Å². The molecular weight excluding hydrogens is 286 g/mol. The first-order valence-corrected chi connectivity index (χ1v) is 10.2. The number of nitrogens with zero attached hydrogens (tertiary/aromatic N) is 1. The van der Waals surface area contributed by atoms with E-state index in [1.54, 1.807) is 11.8 Å². The molecule has 1 rings (SSSR count). The zero-order chi connectivity index (χ0) is 13.8. The van der Waals surface area contributed by atoms with Gasteiger partial charge in [-0.1, -0.05) is 13.8 Å². The van der Waals surface area contributed by atoms with Gasteiger partial charge in [-0.25, -0.2) is 8.42 Å². The van der Waals surface area contributed by atoms with Crippen LogP contribution in [0.3, 0.4) is 0 Å². The van der Waals surface area contributed by atoms with Crippen LogP contribution < -0.4 is 0 Å². The van der Waals surface area contributed by atoms with E-state index in [1.165, 1.54) is 6.26 Å². The van der Waals surface area contributed by atoms with Gasteiger partial charge < -0.3 is 0 Å². The highest BCUT2D eigenvalue weighted by molar-refractivity contribution is 8.00. The average Bonchev–Trinajstić information content (AvgIpc) is 2.35. The Bertz CT molecular complexity index is 344. The molecule has 3 nitrogen and oxygen atoms in total. The molecule has 0 aromatic rings. The summed E-state index contributed by atoms with van der Waals surface area (Å²) < 4.78 is 23.7. The molecule has 6 heteroatoms. The highest BCUT2D eigenvalue weighted by Crippen LogP contribution is 2.32. The Balaban J connectivity index is 2.85. The molecule has 0 spiro atoms. The summed E-state index contributed by atoms with van der Waals surface area (Å²) >= 11 is 6.22. The van der Waals surface area contributed by atoms with Gasteiger partial charge in [-0.05, 0) is 24.0 Å². The maximum atomic E-state index is 11.9. The van der Waals surface area contributed by atoms with Gasteiger partial charge in [0, 0.05) is 30.9 Å². The van der Waals surface area contributed by atoms with Crippen LogP contribution in [-0.4, -0.2) is 55.3 Å². The molecule has 1 aliphatic rings. The van der Waals surface area contributed by atoms with E-state index >= 15 is 0 Å². The summed E-state index contributed by atoms with van der Waals surface area (Å²) in [7, 11) is -2.99. The predicted molar refractivity (Wildman–Crippen MR) is 84.4 cm³/mol. The number of rotatable bonds is 6. The first kappa shape index (κ1) is 16.7. The standard InChI is InChI=1S/C12H25NO2S3/c1-4-12(5-2,10-16)9-13-6-7-17-8-11(13)18(3,14)15/h11,16H,4-10H2,1-3H3. The molecule has 0 aromatic heterocycles. The van der Waals surface area contributed by atoms with Crippen molar-refractivity contribution in [2.75, 3.05) is 36.6 Å². The molecule has 1 saturated heterocycles. The van der Waals surface area contributed by atoms with E-state index < -0.39 is 9.84 Å². The van der Waals surface area contributed by atoms with Crippen molar-refractivity contribution in [1.82, 2.24) is 4.90 Å². The van der Waals surface area contributed by atoms with Gasteiger partial charge in [-0.2, -0.15) is 24.4 Å². The molecule has 1 unspecified atom stereocenters. The number of hydrogen-bond donors (Lipinski definition) is 1. The number of sulfone groups is 1. The Hall–Kier alpha value is 0.610. The first-order chi connectivity index (χ1) is 8.38. The largest absolute Gasteiger partial charge is 0.285 e. The van der Waals surface area contributed by atoms with Crippen LogP contribution in [0.2, 0.25) is 0 Å². The van der Waals surface area contributed by atoms with Crippen molar-refractivity contribution in [2.45, 2.75) is 32.1 Å². The summed E-state index contributed by atoms with van der Waals surface area (Å²) in [5.41, 5.74) is 0.147. The predicted octanol–water partition coefficient (Wildman–Crippen LogP) is 2.14. The molecule has 0 N–H and O–H groups in total. The normalized spacial score (nSPS) is 23.2. The lowest BCUT2D eigenvalue weighted by Crippen LogP contribution is -2.51. The van der Waals surface area contributed by atoms with Crippen molar-refractivity contribution >= 4 is 34.2 Å². The molecule has 108 valence electrons. The van der Waals surface area contributed by atoms with Crippen LogP contribution in [0.1, 0.15) is 26.7 Å². The maximum Gasteiger partial charge on any atom is 0.164 e. The number of thiol groups is 1. The average molecular weight is 312 g/mol.